The van der Waals surface area contributed by atoms with Crippen LogP contribution in [0.1, 0.15) is 12.8 Å². The van der Waals surface area contributed by atoms with Crippen LogP contribution in [0.2, 0.25) is 5.02 Å². The number of nitrogens with one attached hydrogen (secondary N) is 2. The number of amides is 1. The van der Waals surface area contributed by atoms with Crippen molar-refractivity contribution in [1.29, 1.82) is 0 Å². The van der Waals surface area contributed by atoms with E-state index in [9.17, 15) is 23.1 Å². The Hall–Kier alpha value is -2.84. The van der Waals surface area contributed by atoms with E-state index >= 15 is 0 Å². The number of carbonyl (C=O) groups is 2. The largest absolute Gasteiger partial charge is 0.481 e. The lowest BCUT2D eigenvalue weighted by molar-refractivity contribution is -0.146. The number of aliphatic carboxylic acids is 1. The van der Waals surface area contributed by atoms with Gasteiger partial charge in [-0.25, -0.2) is 8.42 Å². The van der Waals surface area contributed by atoms with Gasteiger partial charge in [0.25, 0.3) is 10.0 Å². The molecule has 1 aliphatic carbocycles. The molecule has 7 nitrogen and oxygen atoms in total. The monoisotopic (exact) mass is 434 g/mol. The van der Waals surface area contributed by atoms with Gasteiger partial charge in [0.1, 0.15) is 0 Å². The second-order valence-electron chi connectivity index (χ2n) is 6.62. The molecule has 0 saturated heterocycles. The molecule has 0 aliphatic heterocycles. The Balaban J connectivity index is 1.69. The summed E-state index contributed by atoms with van der Waals surface area (Å²) in [5.74, 6) is -2.86. The number of carbonyl (C=O) groups excluding carboxylic acids is 1. The topological polar surface area (TPSA) is 113 Å². The Morgan fingerprint density at radius 2 is 1.45 bits per heavy atom. The number of rotatable bonds is 6. The van der Waals surface area contributed by atoms with Crippen molar-refractivity contribution in [1.82, 2.24) is 0 Å². The zero-order valence-corrected chi connectivity index (χ0v) is 16.8. The van der Waals surface area contributed by atoms with Gasteiger partial charge in [0.05, 0.1) is 16.7 Å². The molecule has 1 aliphatic rings. The molecule has 3 rings (SSSR count). The summed E-state index contributed by atoms with van der Waals surface area (Å²) in [6, 6.07) is 11.9. The van der Waals surface area contributed by atoms with E-state index in [0.717, 1.165) is 0 Å². The van der Waals surface area contributed by atoms with Gasteiger partial charge in [0.2, 0.25) is 5.91 Å². The van der Waals surface area contributed by atoms with E-state index in [1.807, 2.05) is 0 Å². The zero-order chi connectivity index (χ0) is 21.0. The van der Waals surface area contributed by atoms with Gasteiger partial charge in [-0.2, -0.15) is 0 Å². The van der Waals surface area contributed by atoms with Crippen molar-refractivity contribution in [2.75, 3.05) is 10.0 Å². The molecule has 0 radical (unpaired) electrons. The Bertz CT molecular complexity index is 1030. The molecule has 2 atom stereocenters. The number of halogens is 1. The van der Waals surface area contributed by atoms with Gasteiger partial charge < -0.3 is 10.4 Å². The van der Waals surface area contributed by atoms with E-state index in [-0.39, 0.29) is 4.90 Å². The Kier molecular flexibility index (Phi) is 6.24. The summed E-state index contributed by atoms with van der Waals surface area (Å²) in [7, 11) is -3.80. The lowest BCUT2D eigenvalue weighted by atomic mass is 9.82. The first-order chi connectivity index (χ1) is 13.8. The minimum Gasteiger partial charge on any atom is -0.481 e. The third kappa shape index (κ3) is 5.16. The second kappa shape index (κ2) is 8.67. The maximum atomic E-state index is 12.5. The standard InChI is InChI=1S/C20H19ClN2O5S/c21-13-5-7-15(8-6-13)23-29(27,28)16-11-9-14(10-12-16)22-19(24)17-3-1-2-4-18(17)20(25)26/h1-2,5-12,17-18,23H,3-4H2,(H,22,24)(H,25,26). The van der Waals surface area contributed by atoms with Crippen molar-refractivity contribution < 1.29 is 23.1 Å². The molecular weight excluding hydrogens is 416 g/mol. The van der Waals surface area contributed by atoms with Crippen molar-refractivity contribution in [3.8, 4) is 0 Å². The molecule has 3 N–H and O–H groups in total. The fourth-order valence-corrected chi connectivity index (χ4v) is 4.25. The lowest BCUT2D eigenvalue weighted by Crippen LogP contribution is -2.34. The van der Waals surface area contributed by atoms with Crippen LogP contribution < -0.4 is 10.0 Å². The van der Waals surface area contributed by atoms with Crippen molar-refractivity contribution >= 4 is 44.9 Å². The van der Waals surface area contributed by atoms with E-state index in [4.69, 9.17) is 11.6 Å². The third-order valence-corrected chi connectivity index (χ3v) is 6.26. The number of benzene rings is 2. The molecule has 1 amide bonds. The quantitative estimate of drug-likeness (QED) is 0.599. The van der Waals surface area contributed by atoms with Gasteiger partial charge in [-0.3, -0.25) is 14.3 Å². The van der Waals surface area contributed by atoms with Gasteiger partial charge in [-0.15, -0.1) is 0 Å². The van der Waals surface area contributed by atoms with Crippen LogP contribution in [0, 0.1) is 11.8 Å². The summed E-state index contributed by atoms with van der Waals surface area (Å²) in [4.78, 5) is 23.9. The highest BCUT2D eigenvalue weighted by Crippen LogP contribution is 2.27. The molecule has 2 aromatic rings. The Labute approximate surface area is 173 Å². The minimum absolute atomic E-state index is 0.0226. The third-order valence-electron chi connectivity index (χ3n) is 4.61. The average Bonchev–Trinajstić information content (AvgIpc) is 2.70. The van der Waals surface area contributed by atoms with Crippen LogP contribution in [0.5, 0.6) is 0 Å². The lowest BCUT2D eigenvalue weighted by Gasteiger charge is -2.24. The first kappa shape index (κ1) is 20.9. The van der Waals surface area contributed by atoms with Crippen LogP contribution >= 0.6 is 11.6 Å². The fraction of sp³-hybridized carbons (Fsp3) is 0.200. The van der Waals surface area contributed by atoms with Crippen LogP contribution in [0.4, 0.5) is 11.4 Å². The minimum atomic E-state index is -3.80. The number of sulfonamides is 1. The maximum absolute atomic E-state index is 12.5. The highest BCUT2D eigenvalue weighted by molar-refractivity contribution is 7.92. The molecule has 9 heteroatoms. The molecular formula is C20H19ClN2O5S. The fourth-order valence-electron chi connectivity index (χ4n) is 3.06. The average molecular weight is 435 g/mol. The first-order valence-electron chi connectivity index (χ1n) is 8.83. The molecule has 0 saturated carbocycles. The predicted molar refractivity (Wildman–Crippen MR) is 110 cm³/mol. The summed E-state index contributed by atoms with van der Waals surface area (Å²) in [5.41, 5.74) is 0.760. The van der Waals surface area contributed by atoms with Crippen LogP contribution in [0.3, 0.4) is 0 Å². The van der Waals surface area contributed by atoms with E-state index < -0.39 is 33.7 Å². The number of carboxylic acids is 1. The zero-order valence-electron chi connectivity index (χ0n) is 15.2. The molecule has 0 heterocycles. The molecule has 0 spiro atoms. The number of carboxylic acid groups (broad SMARTS) is 1. The summed E-state index contributed by atoms with van der Waals surface area (Å²) >= 11 is 5.79. The molecule has 29 heavy (non-hydrogen) atoms. The summed E-state index contributed by atoms with van der Waals surface area (Å²) in [5, 5.41) is 12.4. The molecule has 152 valence electrons. The normalized spacial score (nSPS) is 18.8. The van der Waals surface area contributed by atoms with Crippen molar-refractivity contribution in [3.05, 3.63) is 65.7 Å². The van der Waals surface area contributed by atoms with Gasteiger partial charge in [-0.05, 0) is 61.4 Å². The van der Waals surface area contributed by atoms with Crippen molar-refractivity contribution in [2.45, 2.75) is 17.7 Å². The molecule has 2 aromatic carbocycles. The number of hydrogen-bond acceptors (Lipinski definition) is 4. The smallest absolute Gasteiger partial charge is 0.307 e. The van der Waals surface area contributed by atoms with Crippen LogP contribution in [0.25, 0.3) is 0 Å². The Morgan fingerprint density at radius 3 is 2.03 bits per heavy atom. The van der Waals surface area contributed by atoms with Crippen molar-refractivity contribution in [2.24, 2.45) is 11.8 Å². The van der Waals surface area contributed by atoms with Crippen LogP contribution in [-0.2, 0) is 19.6 Å². The summed E-state index contributed by atoms with van der Waals surface area (Å²) in [6.45, 7) is 0. The Morgan fingerprint density at radius 1 is 0.897 bits per heavy atom. The van der Waals surface area contributed by atoms with E-state index in [1.165, 1.54) is 24.3 Å². The molecule has 2 unspecified atom stereocenters. The summed E-state index contributed by atoms with van der Waals surface area (Å²) < 4.78 is 27.4. The van der Waals surface area contributed by atoms with Crippen LogP contribution in [-0.4, -0.2) is 25.4 Å². The summed E-state index contributed by atoms with van der Waals surface area (Å²) in [6.07, 6.45) is 4.21. The molecule has 0 fully saturated rings. The number of anilines is 2. The van der Waals surface area contributed by atoms with Crippen LogP contribution in [0.15, 0.2) is 65.6 Å². The SMILES string of the molecule is O=C(O)C1CC=CCC1C(=O)Nc1ccc(S(=O)(=O)Nc2ccc(Cl)cc2)cc1. The van der Waals surface area contributed by atoms with E-state index in [1.54, 1.807) is 36.4 Å². The van der Waals surface area contributed by atoms with Gasteiger partial charge >= 0.3 is 5.97 Å². The molecule has 0 aromatic heterocycles. The highest BCUT2D eigenvalue weighted by Gasteiger charge is 2.33. The number of hydrogen-bond donors (Lipinski definition) is 3. The maximum Gasteiger partial charge on any atom is 0.307 e. The van der Waals surface area contributed by atoms with Gasteiger partial charge in [-0.1, -0.05) is 23.8 Å². The van der Waals surface area contributed by atoms with Gasteiger partial charge in [0.15, 0.2) is 0 Å². The number of allylic oxidation sites excluding steroid dienone is 2. The first-order valence-corrected chi connectivity index (χ1v) is 10.7. The second-order valence-corrected chi connectivity index (χ2v) is 8.74. The highest BCUT2D eigenvalue weighted by atomic mass is 35.5. The van der Waals surface area contributed by atoms with Gasteiger partial charge in [0, 0.05) is 16.4 Å². The molecule has 0 bridgehead atoms. The van der Waals surface area contributed by atoms with Crippen molar-refractivity contribution in [3.63, 3.8) is 0 Å². The predicted octanol–water partition coefficient (Wildman–Crippen LogP) is 3.75. The van der Waals surface area contributed by atoms with E-state index in [0.29, 0.717) is 29.2 Å². The van der Waals surface area contributed by atoms with E-state index in [2.05, 4.69) is 10.0 Å².